The van der Waals surface area contributed by atoms with Crippen LogP contribution in [-0.2, 0) is 4.74 Å². The van der Waals surface area contributed by atoms with E-state index >= 15 is 0 Å². The molecule has 116 valence electrons. The van der Waals surface area contributed by atoms with Gasteiger partial charge in [-0.1, -0.05) is 13.8 Å². The van der Waals surface area contributed by atoms with E-state index in [1.54, 1.807) is 17.3 Å². The zero-order valence-electron chi connectivity index (χ0n) is 13.2. The Kier molecular flexibility index (Phi) is 4.70. The molecule has 4 atom stereocenters. The summed E-state index contributed by atoms with van der Waals surface area (Å²) in [5, 5.41) is 0. The van der Waals surface area contributed by atoms with Crippen LogP contribution in [0.5, 0.6) is 0 Å². The number of nitrogens with two attached hydrogens (primary N) is 1. The summed E-state index contributed by atoms with van der Waals surface area (Å²) >= 11 is 0. The zero-order valence-corrected chi connectivity index (χ0v) is 13.2. The summed E-state index contributed by atoms with van der Waals surface area (Å²) in [4.78, 5) is 17.6. The maximum atomic E-state index is 11.8. The number of aromatic nitrogens is 1. The van der Waals surface area contributed by atoms with Crippen LogP contribution in [0.15, 0.2) is 18.5 Å². The Labute approximate surface area is 126 Å². The Balaban J connectivity index is 2.16. The Bertz CT molecular complexity index is 494. The second-order valence-corrected chi connectivity index (χ2v) is 6.20. The summed E-state index contributed by atoms with van der Waals surface area (Å²) < 4.78 is 4.85. The van der Waals surface area contributed by atoms with Crippen molar-refractivity contribution in [3.05, 3.63) is 24.0 Å². The molecule has 5 heteroatoms. The maximum absolute atomic E-state index is 11.8. The molecular weight excluding hydrogens is 266 g/mol. The summed E-state index contributed by atoms with van der Waals surface area (Å²) in [6.45, 7) is 4.40. The van der Waals surface area contributed by atoms with E-state index in [1.807, 2.05) is 13.1 Å². The standard InChI is InChI=1S/C16H25N3O2/c1-10-7-12(13-5-6-18-9-14(13)17)8-11(2)15(10)19(3)16(20)21-4/h5-6,9-12,15H,7-8,17H2,1-4H3/t10-,11+,12+,15-. The first-order chi connectivity index (χ1) is 9.95. The van der Waals surface area contributed by atoms with Crippen LogP contribution in [0, 0.1) is 11.8 Å². The van der Waals surface area contributed by atoms with E-state index in [9.17, 15) is 4.79 Å². The van der Waals surface area contributed by atoms with Crippen molar-refractivity contribution in [1.82, 2.24) is 9.88 Å². The fraction of sp³-hybridized carbons (Fsp3) is 0.625. The van der Waals surface area contributed by atoms with Gasteiger partial charge in [0.25, 0.3) is 0 Å². The molecule has 1 aromatic heterocycles. The number of amides is 1. The van der Waals surface area contributed by atoms with Crippen LogP contribution in [-0.4, -0.2) is 36.2 Å². The van der Waals surface area contributed by atoms with Gasteiger partial charge in [0.1, 0.15) is 0 Å². The van der Waals surface area contributed by atoms with E-state index in [2.05, 4.69) is 18.8 Å². The summed E-state index contributed by atoms with van der Waals surface area (Å²) in [6, 6.07) is 2.22. The predicted octanol–water partition coefficient (Wildman–Crippen LogP) is 2.88. The van der Waals surface area contributed by atoms with Gasteiger partial charge in [0.15, 0.2) is 0 Å². The summed E-state index contributed by atoms with van der Waals surface area (Å²) in [7, 11) is 3.25. The van der Waals surface area contributed by atoms with Crippen LogP contribution in [0.1, 0.15) is 38.2 Å². The number of carbonyl (C=O) groups is 1. The van der Waals surface area contributed by atoms with Gasteiger partial charge in [-0.2, -0.15) is 0 Å². The van der Waals surface area contributed by atoms with Crippen molar-refractivity contribution in [2.45, 2.75) is 38.6 Å². The molecule has 0 unspecified atom stereocenters. The lowest BCUT2D eigenvalue weighted by Gasteiger charge is -2.43. The number of hydrogen-bond donors (Lipinski definition) is 1. The molecule has 1 heterocycles. The van der Waals surface area contributed by atoms with Gasteiger partial charge in [0.2, 0.25) is 0 Å². The summed E-state index contributed by atoms with van der Waals surface area (Å²) in [5.41, 5.74) is 8.01. The fourth-order valence-electron chi connectivity index (χ4n) is 3.91. The van der Waals surface area contributed by atoms with Crippen molar-refractivity contribution in [3.63, 3.8) is 0 Å². The van der Waals surface area contributed by atoms with E-state index in [1.165, 1.54) is 12.7 Å². The molecule has 1 fully saturated rings. The lowest BCUT2D eigenvalue weighted by molar-refractivity contribution is 0.0623. The zero-order chi connectivity index (χ0) is 15.6. The van der Waals surface area contributed by atoms with Crippen molar-refractivity contribution < 1.29 is 9.53 Å². The third-order valence-electron chi connectivity index (χ3n) is 4.72. The number of nitrogens with zero attached hydrogens (tertiary/aromatic N) is 2. The first kappa shape index (κ1) is 15.6. The van der Waals surface area contributed by atoms with Gasteiger partial charge in [-0.3, -0.25) is 4.98 Å². The smallest absolute Gasteiger partial charge is 0.409 e. The van der Waals surface area contributed by atoms with Crippen LogP contribution in [0.4, 0.5) is 10.5 Å². The number of pyridine rings is 1. The van der Waals surface area contributed by atoms with E-state index in [4.69, 9.17) is 10.5 Å². The molecule has 1 aliphatic rings. The molecule has 2 rings (SSSR count). The molecule has 0 aromatic carbocycles. The first-order valence-corrected chi connectivity index (χ1v) is 7.45. The SMILES string of the molecule is COC(=O)N(C)[C@@H]1[C@H](C)C[C@H](c2ccncc2N)C[C@@H]1C. The largest absolute Gasteiger partial charge is 0.453 e. The van der Waals surface area contributed by atoms with E-state index in [-0.39, 0.29) is 12.1 Å². The molecule has 0 radical (unpaired) electrons. The van der Waals surface area contributed by atoms with Gasteiger partial charge < -0.3 is 15.4 Å². The van der Waals surface area contributed by atoms with E-state index in [0.717, 1.165) is 18.5 Å². The van der Waals surface area contributed by atoms with E-state index < -0.39 is 0 Å². The number of nitrogen functional groups attached to an aromatic ring is 1. The average Bonchev–Trinajstić information content (AvgIpc) is 2.45. The van der Waals surface area contributed by atoms with Gasteiger partial charge in [-0.15, -0.1) is 0 Å². The quantitative estimate of drug-likeness (QED) is 0.909. The number of hydrogen-bond acceptors (Lipinski definition) is 4. The van der Waals surface area contributed by atoms with Gasteiger partial charge in [0.05, 0.1) is 19.0 Å². The highest BCUT2D eigenvalue weighted by molar-refractivity contribution is 5.67. The highest BCUT2D eigenvalue weighted by atomic mass is 16.5. The monoisotopic (exact) mass is 291 g/mol. The number of methoxy groups -OCH3 is 1. The molecule has 21 heavy (non-hydrogen) atoms. The molecule has 1 amide bonds. The summed E-state index contributed by atoms with van der Waals surface area (Å²) in [6.07, 6.45) is 5.29. The molecule has 0 bridgehead atoms. The second-order valence-electron chi connectivity index (χ2n) is 6.20. The van der Waals surface area contributed by atoms with Crippen molar-refractivity contribution in [2.24, 2.45) is 11.8 Å². The minimum atomic E-state index is -0.263. The van der Waals surface area contributed by atoms with Crippen LogP contribution in [0.25, 0.3) is 0 Å². The predicted molar refractivity (Wildman–Crippen MR) is 82.9 cm³/mol. The normalized spacial score (nSPS) is 29.0. The highest BCUT2D eigenvalue weighted by Gasteiger charge is 2.38. The van der Waals surface area contributed by atoms with Gasteiger partial charge in [-0.25, -0.2) is 4.79 Å². The fourth-order valence-corrected chi connectivity index (χ4v) is 3.91. The Morgan fingerprint density at radius 3 is 2.52 bits per heavy atom. The van der Waals surface area contributed by atoms with Crippen LogP contribution < -0.4 is 5.73 Å². The summed E-state index contributed by atoms with van der Waals surface area (Å²) in [5.74, 6) is 1.23. The Hall–Kier alpha value is -1.78. The first-order valence-electron chi connectivity index (χ1n) is 7.45. The number of rotatable bonds is 2. The molecule has 2 N–H and O–H groups in total. The Morgan fingerprint density at radius 2 is 2.00 bits per heavy atom. The third kappa shape index (κ3) is 3.12. The van der Waals surface area contributed by atoms with Crippen molar-refractivity contribution >= 4 is 11.8 Å². The van der Waals surface area contributed by atoms with Gasteiger partial charge in [-0.05, 0) is 42.2 Å². The maximum Gasteiger partial charge on any atom is 0.409 e. The molecule has 0 spiro atoms. The minimum absolute atomic E-state index is 0.205. The number of carbonyl (C=O) groups excluding carboxylic acids is 1. The van der Waals surface area contributed by atoms with Crippen LogP contribution in [0.2, 0.25) is 0 Å². The molecule has 1 saturated carbocycles. The number of anilines is 1. The minimum Gasteiger partial charge on any atom is -0.453 e. The van der Waals surface area contributed by atoms with Crippen LogP contribution in [0.3, 0.4) is 0 Å². The molecule has 1 aliphatic carbocycles. The molecule has 0 saturated heterocycles. The molecule has 1 aromatic rings. The van der Waals surface area contributed by atoms with Crippen molar-refractivity contribution in [2.75, 3.05) is 19.9 Å². The van der Waals surface area contributed by atoms with Crippen molar-refractivity contribution in [3.8, 4) is 0 Å². The third-order valence-corrected chi connectivity index (χ3v) is 4.72. The molecule has 0 aliphatic heterocycles. The van der Waals surface area contributed by atoms with E-state index in [0.29, 0.717) is 17.8 Å². The lowest BCUT2D eigenvalue weighted by atomic mass is 9.70. The lowest BCUT2D eigenvalue weighted by Crippen LogP contribution is -2.48. The number of ether oxygens (including phenoxy) is 1. The molecule has 5 nitrogen and oxygen atoms in total. The Morgan fingerprint density at radius 1 is 1.38 bits per heavy atom. The second kappa shape index (κ2) is 6.33. The van der Waals surface area contributed by atoms with Gasteiger partial charge in [0, 0.05) is 19.3 Å². The average molecular weight is 291 g/mol. The van der Waals surface area contributed by atoms with Crippen LogP contribution >= 0.6 is 0 Å². The highest BCUT2D eigenvalue weighted by Crippen LogP contribution is 2.42. The van der Waals surface area contributed by atoms with Crippen molar-refractivity contribution in [1.29, 1.82) is 0 Å². The topological polar surface area (TPSA) is 68.5 Å². The van der Waals surface area contributed by atoms with Gasteiger partial charge >= 0.3 is 6.09 Å². The molecular formula is C16H25N3O2.